The summed E-state index contributed by atoms with van der Waals surface area (Å²) in [7, 11) is 3.60. The van der Waals surface area contributed by atoms with E-state index in [0.29, 0.717) is 12.2 Å². The van der Waals surface area contributed by atoms with Gasteiger partial charge >= 0.3 is 0 Å². The Bertz CT molecular complexity index is 609. The van der Waals surface area contributed by atoms with Crippen molar-refractivity contribution < 1.29 is 4.92 Å². The average Bonchev–Trinajstić information content (AvgIpc) is 2.84. The van der Waals surface area contributed by atoms with E-state index in [9.17, 15) is 10.1 Å². The minimum atomic E-state index is -0.398. The Kier molecular flexibility index (Phi) is 4.19. The molecule has 2 rings (SSSR count). The molecule has 7 heteroatoms. The number of nitro groups is 1. The van der Waals surface area contributed by atoms with Crippen molar-refractivity contribution in [3.8, 4) is 0 Å². The lowest BCUT2D eigenvalue weighted by Crippen LogP contribution is -2.06. The van der Waals surface area contributed by atoms with Gasteiger partial charge in [-0.1, -0.05) is 0 Å². The van der Waals surface area contributed by atoms with Crippen LogP contribution in [-0.4, -0.2) is 28.3 Å². The van der Waals surface area contributed by atoms with Crippen LogP contribution in [0.15, 0.2) is 30.5 Å². The molecule has 1 heterocycles. The summed E-state index contributed by atoms with van der Waals surface area (Å²) in [6, 6.07) is 6.82. The van der Waals surface area contributed by atoms with Gasteiger partial charge in [0.05, 0.1) is 10.6 Å². The van der Waals surface area contributed by atoms with Crippen LogP contribution in [0.25, 0.3) is 0 Å². The number of nitro benzene ring substituents is 1. The summed E-state index contributed by atoms with van der Waals surface area (Å²) in [6.45, 7) is 0.668. The van der Waals surface area contributed by atoms with Crippen LogP contribution in [0, 0.1) is 10.1 Å². The third-order valence-corrected chi connectivity index (χ3v) is 2.90. The van der Waals surface area contributed by atoms with Gasteiger partial charge in [-0.05, 0) is 12.1 Å². The van der Waals surface area contributed by atoms with Gasteiger partial charge in [-0.25, -0.2) is 0 Å². The van der Waals surface area contributed by atoms with E-state index < -0.39 is 4.92 Å². The molecule has 0 aliphatic heterocycles. The number of aryl methyl sites for hydroxylation is 1. The lowest BCUT2D eigenvalue weighted by atomic mass is 10.2. The van der Waals surface area contributed by atoms with Crippen LogP contribution < -0.4 is 10.6 Å². The van der Waals surface area contributed by atoms with Crippen molar-refractivity contribution in [3.63, 3.8) is 0 Å². The molecule has 106 valence electrons. The Morgan fingerprint density at radius 1 is 1.35 bits per heavy atom. The number of rotatable bonds is 6. The summed E-state index contributed by atoms with van der Waals surface area (Å²) < 4.78 is 1.75. The van der Waals surface area contributed by atoms with Crippen molar-refractivity contribution in [2.24, 2.45) is 7.05 Å². The van der Waals surface area contributed by atoms with Crippen molar-refractivity contribution in [3.05, 3.63) is 46.3 Å². The first-order chi connectivity index (χ1) is 9.58. The van der Waals surface area contributed by atoms with Gasteiger partial charge in [0.15, 0.2) is 0 Å². The van der Waals surface area contributed by atoms with E-state index in [4.69, 9.17) is 0 Å². The molecule has 0 amide bonds. The summed E-state index contributed by atoms with van der Waals surface area (Å²) in [5, 5.41) is 21.2. The molecule has 2 N–H and O–H groups in total. The van der Waals surface area contributed by atoms with Gasteiger partial charge < -0.3 is 10.6 Å². The van der Waals surface area contributed by atoms with Crippen LogP contribution in [0.5, 0.6) is 0 Å². The van der Waals surface area contributed by atoms with Gasteiger partial charge in [-0.3, -0.25) is 14.8 Å². The van der Waals surface area contributed by atoms with Crippen molar-refractivity contribution in [2.75, 3.05) is 24.2 Å². The highest BCUT2D eigenvalue weighted by atomic mass is 16.6. The minimum Gasteiger partial charge on any atom is -0.388 e. The number of nitrogens with one attached hydrogen (secondary N) is 2. The van der Waals surface area contributed by atoms with Gasteiger partial charge in [-0.2, -0.15) is 5.10 Å². The number of nitrogens with zero attached hydrogens (tertiary/aromatic N) is 3. The molecule has 0 atom stereocenters. The highest BCUT2D eigenvalue weighted by Crippen LogP contribution is 2.23. The molecule has 20 heavy (non-hydrogen) atoms. The van der Waals surface area contributed by atoms with E-state index in [-0.39, 0.29) is 5.69 Å². The molecule has 1 aromatic heterocycles. The molecule has 0 spiro atoms. The lowest BCUT2D eigenvalue weighted by Gasteiger charge is -2.08. The molecule has 0 fully saturated rings. The quantitative estimate of drug-likeness (QED) is 0.622. The molecule has 0 radical (unpaired) electrons. The highest BCUT2D eigenvalue weighted by Gasteiger charge is 2.09. The number of hydrogen-bond acceptors (Lipinski definition) is 5. The summed E-state index contributed by atoms with van der Waals surface area (Å²) >= 11 is 0. The van der Waals surface area contributed by atoms with E-state index in [1.807, 2.05) is 25.4 Å². The Hall–Kier alpha value is -2.57. The van der Waals surface area contributed by atoms with Gasteiger partial charge in [0.1, 0.15) is 0 Å². The number of hydrogen-bond donors (Lipinski definition) is 2. The first-order valence-electron chi connectivity index (χ1n) is 6.28. The standard InChI is InChI=1S/C13H17N5O2/c1-14-11-7-12(9-13(8-11)18(19)20)15-5-3-10-4-6-17(2)16-10/h4,6-9,14-15H,3,5H2,1-2H3. The summed E-state index contributed by atoms with van der Waals surface area (Å²) in [6.07, 6.45) is 2.65. The van der Waals surface area contributed by atoms with Crippen LogP contribution in [0.3, 0.4) is 0 Å². The monoisotopic (exact) mass is 275 g/mol. The molecular formula is C13H17N5O2. The summed E-state index contributed by atoms with van der Waals surface area (Å²) in [5.41, 5.74) is 2.48. The molecule has 0 unspecified atom stereocenters. The fourth-order valence-corrected chi connectivity index (χ4v) is 1.89. The van der Waals surface area contributed by atoms with Crippen LogP contribution in [0.1, 0.15) is 5.69 Å². The zero-order valence-electron chi connectivity index (χ0n) is 11.5. The summed E-state index contributed by atoms with van der Waals surface area (Å²) in [5.74, 6) is 0. The third-order valence-electron chi connectivity index (χ3n) is 2.90. The second-order valence-corrected chi connectivity index (χ2v) is 4.43. The normalized spacial score (nSPS) is 10.3. The van der Waals surface area contributed by atoms with Crippen LogP contribution in [0.4, 0.5) is 17.1 Å². The molecule has 0 aliphatic carbocycles. The molecule has 1 aromatic carbocycles. The van der Waals surface area contributed by atoms with E-state index in [1.165, 1.54) is 12.1 Å². The molecule has 0 bridgehead atoms. The smallest absolute Gasteiger partial charge is 0.273 e. The molecule has 7 nitrogen and oxygen atoms in total. The Morgan fingerprint density at radius 2 is 2.10 bits per heavy atom. The van der Waals surface area contributed by atoms with Gasteiger partial charge in [-0.15, -0.1) is 0 Å². The van der Waals surface area contributed by atoms with Crippen molar-refractivity contribution in [1.82, 2.24) is 9.78 Å². The average molecular weight is 275 g/mol. The van der Waals surface area contributed by atoms with E-state index in [0.717, 1.165) is 17.8 Å². The van der Waals surface area contributed by atoms with Crippen molar-refractivity contribution in [1.29, 1.82) is 0 Å². The summed E-state index contributed by atoms with van der Waals surface area (Å²) in [4.78, 5) is 10.5. The molecule has 0 aliphatic rings. The number of benzene rings is 1. The van der Waals surface area contributed by atoms with E-state index in [1.54, 1.807) is 11.7 Å². The van der Waals surface area contributed by atoms with Gasteiger partial charge in [0.2, 0.25) is 0 Å². The maximum Gasteiger partial charge on any atom is 0.273 e. The highest BCUT2D eigenvalue weighted by molar-refractivity contribution is 5.63. The predicted molar refractivity (Wildman–Crippen MR) is 78.0 cm³/mol. The Balaban J connectivity index is 2.01. The van der Waals surface area contributed by atoms with Crippen LogP contribution in [0.2, 0.25) is 0 Å². The lowest BCUT2D eigenvalue weighted by molar-refractivity contribution is -0.384. The largest absolute Gasteiger partial charge is 0.388 e. The van der Waals surface area contributed by atoms with Crippen LogP contribution in [-0.2, 0) is 13.5 Å². The fraction of sp³-hybridized carbons (Fsp3) is 0.308. The first kappa shape index (κ1) is 13.9. The maximum absolute atomic E-state index is 10.9. The zero-order chi connectivity index (χ0) is 14.5. The van der Waals surface area contributed by atoms with Gasteiger partial charge in [0.25, 0.3) is 5.69 Å². The SMILES string of the molecule is CNc1cc(NCCc2ccn(C)n2)cc([N+](=O)[O-])c1. The van der Waals surface area contributed by atoms with Crippen molar-refractivity contribution >= 4 is 17.1 Å². The third kappa shape index (κ3) is 3.47. The minimum absolute atomic E-state index is 0.0668. The first-order valence-corrected chi connectivity index (χ1v) is 6.28. The van der Waals surface area contributed by atoms with Gasteiger partial charge in [0, 0.05) is 56.8 Å². The van der Waals surface area contributed by atoms with E-state index in [2.05, 4.69) is 15.7 Å². The predicted octanol–water partition coefficient (Wildman–Crippen LogP) is 2.02. The molecule has 0 saturated carbocycles. The second-order valence-electron chi connectivity index (χ2n) is 4.43. The molecule has 0 saturated heterocycles. The Labute approximate surface area is 116 Å². The van der Waals surface area contributed by atoms with Crippen LogP contribution >= 0.6 is 0 Å². The number of aromatic nitrogens is 2. The Morgan fingerprint density at radius 3 is 2.70 bits per heavy atom. The second kappa shape index (κ2) is 6.05. The number of non-ortho nitro benzene ring substituents is 1. The molecular weight excluding hydrogens is 258 g/mol. The molecule has 2 aromatic rings. The fourth-order valence-electron chi connectivity index (χ4n) is 1.89. The van der Waals surface area contributed by atoms with Crippen molar-refractivity contribution in [2.45, 2.75) is 6.42 Å². The topological polar surface area (TPSA) is 85.0 Å². The van der Waals surface area contributed by atoms with E-state index >= 15 is 0 Å². The zero-order valence-corrected chi connectivity index (χ0v) is 11.5. The maximum atomic E-state index is 10.9. The number of anilines is 2.